The molecule has 0 aromatic carbocycles. The summed E-state index contributed by atoms with van der Waals surface area (Å²) >= 11 is 0. The molecule has 1 amide bonds. The molecule has 0 spiro atoms. The third kappa shape index (κ3) is 6.59. The topological polar surface area (TPSA) is 127 Å². The third-order valence-corrected chi connectivity index (χ3v) is 6.23. The Labute approximate surface area is 200 Å². The fourth-order valence-corrected chi connectivity index (χ4v) is 4.92. The second-order valence-corrected chi connectivity index (χ2v) is 10.0. The predicted octanol–water partition coefficient (Wildman–Crippen LogP) is 2.75. The number of amides is 1. The number of aliphatic hydroxyl groups is 1. The number of ether oxygens (including phenoxy) is 3. The molecule has 2 heterocycles. The number of aromatic nitrogens is 1. The summed E-state index contributed by atoms with van der Waals surface area (Å²) in [5, 5.41) is 13.9. The summed E-state index contributed by atoms with van der Waals surface area (Å²) in [4.78, 5) is 41.4. The minimum atomic E-state index is -0.690. The van der Waals surface area contributed by atoms with Gasteiger partial charge in [-0.3, -0.25) is 14.9 Å². The van der Waals surface area contributed by atoms with Crippen molar-refractivity contribution in [2.24, 2.45) is 17.8 Å². The maximum Gasteiger partial charge on any atom is 0.412 e. The summed E-state index contributed by atoms with van der Waals surface area (Å²) in [7, 11) is 0. The van der Waals surface area contributed by atoms with Crippen LogP contribution in [0.4, 0.5) is 16.3 Å². The Morgan fingerprint density at radius 3 is 2.32 bits per heavy atom. The number of aliphatic hydroxyl groups excluding tert-OH is 1. The first kappa shape index (κ1) is 25.7. The van der Waals surface area contributed by atoms with Gasteiger partial charge in [0.1, 0.15) is 11.4 Å². The lowest BCUT2D eigenvalue weighted by atomic mass is 9.66. The highest BCUT2D eigenvalue weighted by molar-refractivity contribution is 5.84. The van der Waals surface area contributed by atoms with E-state index in [1.165, 1.54) is 13.8 Å². The summed E-state index contributed by atoms with van der Waals surface area (Å²) in [5.74, 6) is -0.268. The van der Waals surface area contributed by atoms with Gasteiger partial charge in [0.25, 0.3) is 0 Å². The molecule has 34 heavy (non-hydrogen) atoms. The fourth-order valence-electron chi connectivity index (χ4n) is 4.92. The van der Waals surface area contributed by atoms with E-state index in [0.29, 0.717) is 30.9 Å². The van der Waals surface area contributed by atoms with Gasteiger partial charge < -0.3 is 24.2 Å². The number of piperidine rings is 1. The Hall–Kier alpha value is -2.88. The van der Waals surface area contributed by atoms with Crippen molar-refractivity contribution in [2.45, 2.75) is 65.2 Å². The molecule has 1 saturated carbocycles. The quantitative estimate of drug-likeness (QED) is 0.469. The average Bonchev–Trinajstić information content (AvgIpc) is 2.71. The first-order chi connectivity index (χ1) is 15.9. The first-order valence-corrected chi connectivity index (χ1v) is 11.6. The lowest BCUT2D eigenvalue weighted by Gasteiger charge is -2.53. The van der Waals surface area contributed by atoms with E-state index in [0.717, 1.165) is 0 Å². The molecule has 2 N–H and O–H groups in total. The van der Waals surface area contributed by atoms with E-state index in [4.69, 9.17) is 14.2 Å². The number of rotatable bonds is 6. The number of esters is 2. The number of carbonyl (C=O) groups excluding carboxylic acids is 3. The van der Waals surface area contributed by atoms with Crippen LogP contribution in [0.25, 0.3) is 0 Å². The molecular formula is C24H35N3O7. The molecule has 1 aliphatic heterocycles. The van der Waals surface area contributed by atoms with Crippen molar-refractivity contribution < 1.29 is 33.7 Å². The van der Waals surface area contributed by atoms with Crippen LogP contribution in [0.3, 0.4) is 0 Å². The lowest BCUT2D eigenvalue weighted by molar-refractivity contribution is -0.148. The van der Waals surface area contributed by atoms with Crippen LogP contribution < -0.4 is 10.2 Å². The van der Waals surface area contributed by atoms with Crippen LogP contribution in [-0.2, 0) is 23.8 Å². The predicted molar refractivity (Wildman–Crippen MR) is 124 cm³/mol. The molecule has 10 heteroatoms. The molecule has 1 aromatic rings. The number of hydrogen-bond acceptors (Lipinski definition) is 9. The summed E-state index contributed by atoms with van der Waals surface area (Å²) < 4.78 is 15.8. The van der Waals surface area contributed by atoms with E-state index in [2.05, 4.69) is 10.3 Å². The van der Waals surface area contributed by atoms with Crippen molar-refractivity contribution >= 4 is 29.5 Å². The SMILES string of the molecule is CC(=O)OC[C@H]1C[C@@H](COC(C)=O)[C@H]2[C@H](O)[C@@H]1CCN2c1ccc(NC(=O)OC(C)(C)C)cn1. The van der Waals surface area contributed by atoms with Crippen molar-refractivity contribution in [1.29, 1.82) is 0 Å². The van der Waals surface area contributed by atoms with Gasteiger partial charge in [0.2, 0.25) is 0 Å². The van der Waals surface area contributed by atoms with E-state index in [9.17, 15) is 19.5 Å². The number of carbonyl (C=O) groups is 3. The largest absolute Gasteiger partial charge is 0.466 e. The molecule has 10 nitrogen and oxygen atoms in total. The highest BCUT2D eigenvalue weighted by Gasteiger charge is 2.50. The molecular weight excluding hydrogens is 442 g/mol. The van der Waals surface area contributed by atoms with Crippen LogP contribution in [0.1, 0.15) is 47.5 Å². The van der Waals surface area contributed by atoms with Crippen LogP contribution in [0.15, 0.2) is 18.3 Å². The van der Waals surface area contributed by atoms with Crippen LogP contribution in [-0.4, -0.2) is 65.6 Å². The molecule has 0 unspecified atom stereocenters. The minimum Gasteiger partial charge on any atom is -0.466 e. The van der Waals surface area contributed by atoms with Gasteiger partial charge >= 0.3 is 18.0 Å². The molecule has 1 aliphatic carbocycles. The Kier molecular flexibility index (Phi) is 8.01. The van der Waals surface area contributed by atoms with Gasteiger partial charge in [-0.05, 0) is 57.6 Å². The second kappa shape index (κ2) is 10.6. The summed E-state index contributed by atoms with van der Waals surface area (Å²) in [5.41, 5.74) is -0.113. The molecule has 5 atom stereocenters. The molecule has 2 aliphatic rings. The lowest BCUT2D eigenvalue weighted by Crippen LogP contribution is -2.62. The van der Waals surface area contributed by atoms with E-state index in [-0.39, 0.29) is 48.9 Å². The zero-order valence-electron chi connectivity index (χ0n) is 20.4. The first-order valence-electron chi connectivity index (χ1n) is 11.6. The Morgan fingerprint density at radius 2 is 1.76 bits per heavy atom. The van der Waals surface area contributed by atoms with Gasteiger partial charge in [0, 0.05) is 26.3 Å². The van der Waals surface area contributed by atoms with Gasteiger partial charge in [0.15, 0.2) is 0 Å². The minimum absolute atomic E-state index is 0.00813. The van der Waals surface area contributed by atoms with Crippen molar-refractivity contribution in [3.05, 3.63) is 18.3 Å². The second-order valence-electron chi connectivity index (χ2n) is 10.0. The van der Waals surface area contributed by atoms with Gasteiger partial charge in [-0.1, -0.05) is 0 Å². The average molecular weight is 478 g/mol. The molecule has 188 valence electrons. The van der Waals surface area contributed by atoms with Crippen molar-refractivity contribution in [1.82, 2.24) is 4.98 Å². The number of pyridine rings is 1. The number of nitrogens with one attached hydrogen (secondary N) is 1. The normalized spacial score (nSPS) is 26.4. The summed E-state index contributed by atoms with van der Waals surface area (Å²) in [6, 6.07) is 3.22. The smallest absolute Gasteiger partial charge is 0.412 e. The van der Waals surface area contributed by atoms with Crippen LogP contribution >= 0.6 is 0 Å². The fraction of sp³-hybridized carbons (Fsp3) is 0.667. The maximum atomic E-state index is 12.0. The van der Waals surface area contributed by atoms with Crippen LogP contribution in [0.2, 0.25) is 0 Å². The Morgan fingerprint density at radius 1 is 1.12 bits per heavy atom. The molecule has 3 rings (SSSR count). The van der Waals surface area contributed by atoms with E-state index < -0.39 is 17.8 Å². The highest BCUT2D eigenvalue weighted by atomic mass is 16.6. The van der Waals surface area contributed by atoms with Crippen molar-refractivity contribution in [3.8, 4) is 0 Å². The number of hydrogen-bond donors (Lipinski definition) is 2. The van der Waals surface area contributed by atoms with Gasteiger partial charge in [-0.2, -0.15) is 0 Å². The molecule has 0 radical (unpaired) electrons. The van der Waals surface area contributed by atoms with Gasteiger partial charge in [0.05, 0.1) is 37.2 Å². The van der Waals surface area contributed by atoms with E-state index in [1.54, 1.807) is 39.1 Å². The highest BCUT2D eigenvalue weighted by Crippen LogP contribution is 2.44. The standard InChI is InChI=1S/C24H35N3O7/c1-14(28)32-12-16-10-17(13-33-15(2)29)21-22(30)19(16)8-9-27(21)20-7-6-18(11-25-20)26-23(31)34-24(3,4)5/h6-7,11,16-17,19,21-22,30H,8-10,12-13H2,1-5H3,(H,26,31)/t16-,17+,19-,21+,22-/m1/s1. The van der Waals surface area contributed by atoms with E-state index >= 15 is 0 Å². The van der Waals surface area contributed by atoms with Crippen molar-refractivity contribution in [2.75, 3.05) is 30.0 Å². The number of anilines is 2. The zero-order chi connectivity index (χ0) is 25.0. The third-order valence-electron chi connectivity index (χ3n) is 6.23. The summed E-state index contributed by atoms with van der Waals surface area (Å²) in [6.07, 6.45) is 1.66. The molecule has 2 bridgehead atoms. The molecule has 1 saturated heterocycles. The maximum absolute atomic E-state index is 12.0. The summed E-state index contributed by atoms with van der Waals surface area (Å²) in [6.45, 7) is 9.13. The van der Waals surface area contributed by atoms with Gasteiger partial charge in [-0.25, -0.2) is 9.78 Å². The number of nitrogens with zero attached hydrogens (tertiary/aromatic N) is 2. The van der Waals surface area contributed by atoms with E-state index in [1.807, 2.05) is 4.90 Å². The number of fused-ring (bicyclic) bond motifs is 2. The van der Waals surface area contributed by atoms with Crippen LogP contribution in [0.5, 0.6) is 0 Å². The Bertz CT molecular complexity index is 884. The monoisotopic (exact) mass is 477 g/mol. The molecule has 2 fully saturated rings. The Balaban J connectivity index is 1.75. The van der Waals surface area contributed by atoms with Gasteiger partial charge in [-0.15, -0.1) is 0 Å². The van der Waals surface area contributed by atoms with Crippen LogP contribution in [0, 0.1) is 17.8 Å². The molecule has 1 aromatic heterocycles. The zero-order valence-corrected chi connectivity index (χ0v) is 20.4. The van der Waals surface area contributed by atoms with Crippen molar-refractivity contribution in [3.63, 3.8) is 0 Å².